The lowest BCUT2D eigenvalue weighted by Gasteiger charge is -2.16. The fourth-order valence-electron chi connectivity index (χ4n) is 1.40. The SMILES string of the molecule is O=C(O)CC(O)C(O)c1ccc(F)c(C(=O)O)c1. The number of benzene rings is 1. The first kappa shape index (κ1) is 14.1. The second kappa shape index (κ2) is 5.56. The Morgan fingerprint density at radius 2 is 1.83 bits per heavy atom. The standard InChI is InChI=1S/C11H11FO6/c12-7-2-1-5(3-6(7)11(17)18)10(16)8(13)4-9(14)15/h1-3,8,10,13,16H,4H2,(H,14,15)(H,17,18). The Labute approximate surface area is 101 Å². The highest BCUT2D eigenvalue weighted by Gasteiger charge is 2.23. The molecule has 98 valence electrons. The monoisotopic (exact) mass is 258 g/mol. The molecule has 0 amide bonds. The Morgan fingerprint density at radius 3 is 2.33 bits per heavy atom. The van der Waals surface area contributed by atoms with Gasteiger partial charge in [-0.05, 0) is 17.7 Å². The Hall–Kier alpha value is -1.99. The number of halogens is 1. The molecule has 6 nitrogen and oxygen atoms in total. The molecule has 1 rings (SSSR count). The number of carboxylic acids is 2. The molecule has 0 aliphatic rings. The van der Waals surface area contributed by atoms with Gasteiger partial charge in [0.2, 0.25) is 0 Å². The second-order valence-corrected chi connectivity index (χ2v) is 3.65. The molecule has 2 unspecified atom stereocenters. The third-order valence-electron chi connectivity index (χ3n) is 2.31. The average molecular weight is 258 g/mol. The quantitative estimate of drug-likeness (QED) is 0.607. The molecule has 2 atom stereocenters. The van der Waals surface area contributed by atoms with E-state index < -0.39 is 41.9 Å². The maximum atomic E-state index is 13.1. The number of carbonyl (C=O) groups is 2. The summed E-state index contributed by atoms with van der Waals surface area (Å²) in [6.45, 7) is 0. The summed E-state index contributed by atoms with van der Waals surface area (Å²) in [4.78, 5) is 21.0. The molecule has 18 heavy (non-hydrogen) atoms. The second-order valence-electron chi connectivity index (χ2n) is 3.65. The van der Waals surface area contributed by atoms with E-state index in [9.17, 15) is 24.2 Å². The Balaban J connectivity index is 2.99. The first-order valence-electron chi connectivity index (χ1n) is 4.93. The van der Waals surface area contributed by atoms with Gasteiger partial charge in [-0.1, -0.05) is 6.07 Å². The van der Waals surface area contributed by atoms with Crippen LogP contribution in [-0.4, -0.2) is 38.5 Å². The number of rotatable bonds is 5. The molecule has 0 heterocycles. The number of aliphatic hydroxyl groups excluding tert-OH is 2. The molecule has 0 aliphatic carbocycles. The first-order valence-corrected chi connectivity index (χ1v) is 4.93. The number of aliphatic carboxylic acids is 1. The van der Waals surface area contributed by atoms with Crippen LogP contribution in [0.1, 0.15) is 28.4 Å². The lowest BCUT2D eigenvalue weighted by molar-refractivity contribution is -0.141. The highest BCUT2D eigenvalue weighted by molar-refractivity contribution is 5.88. The van der Waals surface area contributed by atoms with E-state index in [2.05, 4.69) is 0 Å². The van der Waals surface area contributed by atoms with Gasteiger partial charge in [-0.25, -0.2) is 9.18 Å². The molecule has 0 spiro atoms. The molecule has 0 bridgehead atoms. The molecule has 0 aromatic heterocycles. The normalized spacial score (nSPS) is 13.9. The number of hydrogen-bond acceptors (Lipinski definition) is 4. The third-order valence-corrected chi connectivity index (χ3v) is 2.31. The van der Waals surface area contributed by atoms with E-state index >= 15 is 0 Å². The molecule has 1 aromatic carbocycles. The summed E-state index contributed by atoms with van der Waals surface area (Å²) in [5.41, 5.74) is -0.725. The van der Waals surface area contributed by atoms with E-state index in [1.165, 1.54) is 0 Å². The fourth-order valence-corrected chi connectivity index (χ4v) is 1.40. The van der Waals surface area contributed by atoms with Gasteiger partial charge in [0.15, 0.2) is 0 Å². The zero-order valence-corrected chi connectivity index (χ0v) is 9.08. The first-order chi connectivity index (χ1) is 8.32. The highest BCUT2D eigenvalue weighted by atomic mass is 19.1. The van der Waals surface area contributed by atoms with Crippen LogP contribution in [0.25, 0.3) is 0 Å². The van der Waals surface area contributed by atoms with Crippen molar-refractivity contribution < 1.29 is 34.4 Å². The van der Waals surface area contributed by atoms with Crippen molar-refractivity contribution in [3.05, 3.63) is 35.1 Å². The molecule has 0 radical (unpaired) electrons. The minimum atomic E-state index is -1.60. The Kier molecular flexibility index (Phi) is 4.35. The number of hydrogen-bond donors (Lipinski definition) is 4. The summed E-state index contributed by atoms with van der Waals surface area (Å²) in [6, 6.07) is 2.76. The molecular formula is C11H11FO6. The van der Waals surface area contributed by atoms with Gasteiger partial charge in [-0.15, -0.1) is 0 Å². The topological polar surface area (TPSA) is 115 Å². The number of aliphatic hydroxyl groups is 2. The summed E-state index contributed by atoms with van der Waals surface area (Å²) in [7, 11) is 0. The average Bonchev–Trinajstić information content (AvgIpc) is 2.27. The number of aromatic carboxylic acids is 1. The van der Waals surface area contributed by atoms with E-state index in [-0.39, 0.29) is 5.56 Å². The van der Waals surface area contributed by atoms with Crippen molar-refractivity contribution >= 4 is 11.9 Å². The Morgan fingerprint density at radius 1 is 1.22 bits per heavy atom. The van der Waals surface area contributed by atoms with Crippen LogP contribution in [0.15, 0.2) is 18.2 Å². The van der Waals surface area contributed by atoms with Crippen LogP contribution < -0.4 is 0 Å². The Bertz CT molecular complexity index is 473. The molecule has 0 saturated carbocycles. The smallest absolute Gasteiger partial charge is 0.338 e. The van der Waals surface area contributed by atoms with Crippen LogP contribution >= 0.6 is 0 Å². The van der Waals surface area contributed by atoms with Crippen LogP contribution in [0.4, 0.5) is 4.39 Å². The zero-order chi connectivity index (χ0) is 13.9. The third kappa shape index (κ3) is 3.25. The van der Waals surface area contributed by atoms with Crippen molar-refractivity contribution in [1.29, 1.82) is 0 Å². The van der Waals surface area contributed by atoms with E-state index in [1.54, 1.807) is 0 Å². The van der Waals surface area contributed by atoms with Gasteiger partial charge in [0.25, 0.3) is 0 Å². The van der Waals surface area contributed by atoms with Gasteiger partial charge < -0.3 is 20.4 Å². The summed E-state index contributed by atoms with van der Waals surface area (Å²) in [5, 5.41) is 36.1. The molecule has 7 heteroatoms. The minimum absolute atomic E-state index is 0.0671. The van der Waals surface area contributed by atoms with Crippen molar-refractivity contribution in [3.8, 4) is 0 Å². The van der Waals surface area contributed by atoms with Gasteiger partial charge in [0.05, 0.1) is 18.1 Å². The van der Waals surface area contributed by atoms with Crippen molar-refractivity contribution in [2.75, 3.05) is 0 Å². The molecule has 0 aliphatic heterocycles. The van der Waals surface area contributed by atoms with Crippen LogP contribution in [-0.2, 0) is 4.79 Å². The molecular weight excluding hydrogens is 247 g/mol. The van der Waals surface area contributed by atoms with Crippen molar-refractivity contribution in [3.63, 3.8) is 0 Å². The predicted octanol–water partition coefficient (Wildman–Crippen LogP) is 0.393. The van der Waals surface area contributed by atoms with Crippen LogP contribution in [0, 0.1) is 5.82 Å². The van der Waals surface area contributed by atoms with Gasteiger partial charge in [-0.3, -0.25) is 4.79 Å². The van der Waals surface area contributed by atoms with E-state index in [0.717, 1.165) is 18.2 Å². The summed E-state index contributed by atoms with van der Waals surface area (Å²) >= 11 is 0. The van der Waals surface area contributed by atoms with Gasteiger partial charge >= 0.3 is 11.9 Å². The molecule has 1 aromatic rings. The lowest BCUT2D eigenvalue weighted by atomic mass is 10.00. The maximum absolute atomic E-state index is 13.1. The predicted molar refractivity (Wildman–Crippen MR) is 56.6 cm³/mol. The summed E-state index contributed by atoms with van der Waals surface area (Å²) < 4.78 is 13.1. The number of carboxylic acid groups (broad SMARTS) is 2. The van der Waals surface area contributed by atoms with Crippen molar-refractivity contribution in [2.45, 2.75) is 18.6 Å². The van der Waals surface area contributed by atoms with Gasteiger partial charge in [0.1, 0.15) is 11.9 Å². The van der Waals surface area contributed by atoms with Crippen molar-refractivity contribution in [1.82, 2.24) is 0 Å². The highest BCUT2D eigenvalue weighted by Crippen LogP contribution is 2.21. The molecule has 0 saturated heterocycles. The van der Waals surface area contributed by atoms with Crippen LogP contribution in [0.3, 0.4) is 0 Å². The van der Waals surface area contributed by atoms with Crippen LogP contribution in [0.5, 0.6) is 0 Å². The lowest BCUT2D eigenvalue weighted by Crippen LogP contribution is -2.22. The van der Waals surface area contributed by atoms with Crippen LogP contribution in [0.2, 0.25) is 0 Å². The maximum Gasteiger partial charge on any atom is 0.338 e. The van der Waals surface area contributed by atoms with E-state index in [0.29, 0.717) is 0 Å². The zero-order valence-electron chi connectivity index (χ0n) is 9.08. The fraction of sp³-hybridized carbons (Fsp3) is 0.273. The summed E-state index contributed by atoms with van der Waals surface area (Å²) in [5.74, 6) is -3.82. The van der Waals surface area contributed by atoms with E-state index in [4.69, 9.17) is 10.2 Å². The molecule has 0 fully saturated rings. The van der Waals surface area contributed by atoms with E-state index in [1.807, 2.05) is 0 Å². The summed E-state index contributed by atoms with van der Waals surface area (Å²) in [6.07, 6.45) is -3.91. The largest absolute Gasteiger partial charge is 0.481 e. The van der Waals surface area contributed by atoms with Crippen molar-refractivity contribution in [2.24, 2.45) is 0 Å². The molecule has 4 N–H and O–H groups in total. The van der Waals surface area contributed by atoms with Gasteiger partial charge in [-0.2, -0.15) is 0 Å². The minimum Gasteiger partial charge on any atom is -0.481 e. The van der Waals surface area contributed by atoms with Gasteiger partial charge in [0, 0.05) is 0 Å².